The first kappa shape index (κ1) is 15.9. The first-order valence-corrected chi connectivity index (χ1v) is 7.49. The van der Waals surface area contributed by atoms with Crippen molar-refractivity contribution in [3.63, 3.8) is 0 Å². The molecular formula is C13H22N2O3S. The second-order valence-electron chi connectivity index (χ2n) is 5.40. The molecule has 0 amide bonds. The molecule has 1 aromatic rings. The van der Waals surface area contributed by atoms with Crippen molar-refractivity contribution in [3.05, 3.63) is 23.3 Å². The molecule has 0 aromatic heterocycles. The van der Waals surface area contributed by atoms with Crippen LogP contribution in [0, 0.1) is 13.8 Å². The van der Waals surface area contributed by atoms with E-state index in [1.807, 2.05) is 6.92 Å². The molecular weight excluding hydrogens is 264 g/mol. The first-order valence-electron chi connectivity index (χ1n) is 6.00. The highest BCUT2D eigenvalue weighted by Gasteiger charge is 2.21. The summed E-state index contributed by atoms with van der Waals surface area (Å²) in [5.74, 6) is 0.676. The number of nitrogens with one attached hydrogen (secondary N) is 1. The highest BCUT2D eigenvalue weighted by atomic mass is 32.2. The zero-order valence-electron chi connectivity index (χ0n) is 12.1. The third-order valence-electron chi connectivity index (χ3n) is 2.70. The summed E-state index contributed by atoms with van der Waals surface area (Å²) < 4.78 is 32.2. The Hall–Kier alpha value is -1.11. The maximum atomic E-state index is 12.2. The predicted molar refractivity (Wildman–Crippen MR) is 75.9 cm³/mol. The van der Waals surface area contributed by atoms with Crippen molar-refractivity contribution in [2.75, 3.05) is 13.7 Å². The van der Waals surface area contributed by atoms with Gasteiger partial charge in [0.05, 0.1) is 12.0 Å². The van der Waals surface area contributed by atoms with Gasteiger partial charge in [-0.05, 0) is 51.0 Å². The number of methoxy groups -OCH3 is 1. The van der Waals surface area contributed by atoms with Crippen LogP contribution in [0.15, 0.2) is 17.0 Å². The van der Waals surface area contributed by atoms with E-state index in [1.165, 1.54) is 0 Å². The number of nitrogens with two attached hydrogens (primary N) is 1. The molecule has 0 aliphatic heterocycles. The molecule has 0 radical (unpaired) electrons. The van der Waals surface area contributed by atoms with Gasteiger partial charge in [0.15, 0.2) is 0 Å². The van der Waals surface area contributed by atoms with E-state index in [0.717, 1.165) is 5.56 Å². The van der Waals surface area contributed by atoms with Crippen molar-refractivity contribution in [2.24, 2.45) is 5.73 Å². The lowest BCUT2D eigenvalue weighted by Gasteiger charge is -2.20. The number of rotatable bonds is 5. The smallest absolute Gasteiger partial charge is 0.240 e. The lowest BCUT2D eigenvalue weighted by atomic mass is 10.1. The van der Waals surface area contributed by atoms with Gasteiger partial charge in [-0.15, -0.1) is 0 Å². The van der Waals surface area contributed by atoms with Crippen LogP contribution in [-0.2, 0) is 10.0 Å². The molecule has 0 saturated heterocycles. The average Bonchev–Trinajstić information content (AvgIpc) is 2.28. The molecule has 108 valence electrons. The molecule has 0 atom stereocenters. The summed E-state index contributed by atoms with van der Waals surface area (Å²) in [6.07, 6.45) is 0. The minimum atomic E-state index is -3.56. The summed E-state index contributed by atoms with van der Waals surface area (Å²) in [7, 11) is -2.00. The van der Waals surface area contributed by atoms with Crippen LogP contribution in [0.4, 0.5) is 0 Å². The van der Waals surface area contributed by atoms with Crippen LogP contribution in [0.1, 0.15) is 25.0 Å². The Balaban J connectivity index is 3.12. The molecule has 1 rings (SSSR count). The van der Waals surface area contributed by atoms with E-state index in [4.69, 9.17) is 10.5 Å². The summed E-state index contributed by atoms with van der Waals surface area (Å²) in [6.45, 7) is 7.26. The molecule has 0 heterocycles. The van der Waals surface area contributed by atoms with Gasteiger partial charge in [-0.1, -0.05) is 0 Å². The standard InChI is InChI=1S/C13H22N2O3S/c1-9-7-12(10(2)6-11(9)18-5)19(16,17)15-8-13(3,4)14/h6-7,15H,8,14H2,1-5H3. The van der Waals surface area contributed by atoms with Gasteiger partial charge in [-0.3, -0.25) is 0 Å². The first-order chi connectivity index (χ1) is 8.57. The van der Waals surface area contributed by atoms with Crippen LogP contribution in [0.25, 0.3) is 0 Å². The van der Waals surface area contributed by atoms with Crippen LogP contribution in [0.2, 0.25) is 0 Å². The highest BCUT2D eigenvalue weighted by molar-refractivity contribution is 7.89. The van der Waals surface area contributed by atoms with Gasteiger partial charge in [-0.25, -0.2) is 13.1 Å². The normalized spacial score (nSPS) is 12.5. The molecule has 0 saturated carbocycles. The van der Waals surface area contributed by atoms with Gasteiger partial charge in [0.2, 0.25) is 10.0 Å². The van der Waals surface area contributed by atoms with Crippen molar-refractivity contribution in [2.45, 2.75) is 38.1 Å². The summed E-state index contributed by atoms with van der Waals surface area (Å²) >= 11 is 0. The molecule has 19 heavy (non-hydrogen) atoms. The lowest BCUT2D eigenvalue weighted by molar-refractivity contribution is 0.411. The molecule has 3 N–H and O–H groups in total. The minimum Gasteiger partial charge on any atom is -0.496 e. The van der Waals surface area contributed by atoms with Crippen LogP contribution >= 0.6 is 0 Å². The second kappa shape index (κ2) is 5.48. The molecule has 0 aliphatic carbocycles. The monoisotopic (exact) mass is 286 g/mol. The van der Waals surface area contributed by atoms with Crippen molar-refractivity contribution in [3.8, 4) is 5.75 Å². The summed E-state index contributed by atoms with van der Waals surface area (Å²) in [5.41, 5.74) is 6.61. The van der Waals surface area contributed by atoms with E-state index >= 15 is 0 Å². The number of benzene rings is 1. The van der Waals surface area contributed by atoms with Gasteiger partial charge >= 0.3 is 0 Å². The lowest BCUT2D eigenvalue weighted by Crippen LogP contribution is -2.45. The van der Waals surface area contributed by atoms with Crippen LogP contribution < -0.4 is 15.2 Å². The Morgan fingerprint density at radius 1 is 1.26 bits per heavy atom. The summed E-state index contributed by atoms with van der Waals surface area (Å²) in [6, 6.07) is 3.33. The topological polar surface area (TPSA) is 81.4 Å². The maximum Gasteiger partial charge on any atom is 0.240 e. The van der Waals surface area contributed by atoms with Gasteiger partial charge in [0, 0.05) is 12.1 Å². The van der Waals surface area contributed by atoms with Crippen molar-refractivity contribution in [1.82, 2.24) is 4.72 Å². The molecule has 0 fully saturated rings. The number of hydrogen-bond acceptors (Lipinski definition) is 4. The van der Waals surface area contributed by atoms with Gasteiger partial charge in [-0.2, -0.15) is 0 Å². The largest absolute Gasteiger partial charge is 0.496 e. The van der Waals surface area contributed by atoms with Crippen LogP contribution in [0.3, 0.4) is 0 Å². The number of hydrogen-bond donors (Lipinski definition) is 2. The SMILES string of the molecule is COc1cc(C)c(S(=O)(=O)NCC(C)(C)N)cc1C. The molecule has 6 heteroatoms. The molecule has 0 spiro atoms. The summed E-state index contributed by atoms with van der Waals surface area (Å²) in [5, 5.41) is 0. The van der Waals surface area contributed by atoms with Crippen LogP contribution in [0.5, 0.6) is 5.75 Å². The summed E-state index contributed by atoms with van der Waals surface area (Å²) in [4.78, 5) is 0.259. The van der Waals surface area contributed by atoms with E-state index in [0.29, 0.717) is 11.3 Å². The fraction of sp³-hybridized carbons (Fsp3) is 0.538. The Morgan fingerprint density at radius 3 is 2.32 bits per heavy atom. The zero-order valence-corrected chi connectivity index (χ0v) is 12.9. The number of ether oxygens (including phenoxy) is 1. The zero-order chi connectivity index (χ0) is 14.8. The van der Waals surface area contributed by atoms with E-state index in [1.54, 1.807) is 40.0 Å². The molecule has 0 aliphatic rings. The van der Waals surface area contributed by atoms with E-state index in [2.05, 4.69) is 4.72 Å². The molecule has 0 unspecified atom stereocenters. The fourth-order valence-electron chi connectivity index (χ4n) is 1.63. The van der Waals surface area contributed by atoms with Crippen molar-refractivity contribution >= 4 is 10.0 Å². The third-order valence-corrected chi connectivity index (χ3v) is 4.24. The molecule has 5 nitrogen and oxygen atoms in total. The fourth-order valence-corrected chi connectivity index (χ4v) is 3.16. The Kier molecular flexibility index (Phi) is 4.60. The highest BCUT2D eigenvalue weighted by Crippen LogP contribution is 2.25. The average molecular weight is 286 g/mol. The number of sulfonamides is 1. The molecule has 1 aromatic carbocycles. The third kappa shape index (κ3) is 4.19. The quantitative estimate of drug-likeness (QED) is 0.855. The number of aryl methyl sites for hydroxylation is 2. The van der Waals surface area contributed by atoms with E-state index < -0.39 is 15.6 Å². The van der Waals surface area contributed by atoms with Crippen molar-refractivity contribution in [1.29, 1.82) is 0 Å². The predicted octanol–water partition coefficient (Wildman–Crippen LogP) is 1.33. The van der Waals surface area contributed by atoms with Gasteiger partial charge < -0.3 is 10.5 Å². The second-order valence-corrected chi connectivity index (χ2v) is 7.14. The Bertz CT molecular complexity index is 560. The van der Waals surface area contributed by atoms with Gasteiger partial charge in [0.1, 0.15) is 5.75 Å². The molecule has 0 bridgehead atoms. The minimum absolute atomic E-state index is 0.180. The van der Waals surface area contributed by atoms with Crippen molar-refractivity contribution < 1.29 is 13.2 Å². The van der Waals surface area contributed by atoms with Gasteiger partial charge in [0.25, 0.3) is 0 Å². The van der Waals surface area contributed by atoms with E-state index in [-0.39, 0.29) is 11.4 Å². The van der Waals surface area contributed by atoms with E-state index in [9.17, 15) is 8.42 Å². The Morgan fingerprint density at radius 2 is 1.84 bits per heavy atom. The Labute approximate surface area is 115 Å². The maximum absolute atomic E-state index is 12.2. The van der Waals surface area contributed by atoms with Crippen LogP contribution in [-0.4, -0.2) is 27.6 Å².